The van der Waals surface area contributed by atoms with Crippen LogP contribution in [0.3, 0.4) is 0 Å². The molecule has 1 heterocycles. The fourth-order valence-corrected chi connectivity index (χ4v) is 2.61. The summed E-state index contributed by atoms with van der Waals surface area (Å²) in [6.07, 6.45) is 5.84. The Bertz CT molecular complexity index is 323. The molecule has 1 unspecified atom stereocenters. The van der Waals surface area contributed by atoms with Crippen LogP contribution in [0.1, 0.15) is 59.3 Å². The molecule has 0 aromatic heterocycles. The van der Waals surface area contributed by atoms with E-state index >= 15 is 0 Å². The maximum Gasteiger partial charge on any atom is 0.237 e. The van der Waals surface area contributed by atoms with Crippen LogP contribution in [0, 0.1) is 0 Å². The summed E-state index contributed by atoms with van der Waals surface area (Å²) in [6.45, 7) is 8.34. The summed E-state index contributed by atoms with van der Waals surface area (Å²) in [6, 6.07) is -0.00325. The highest BCUT2D eigenvalue weighted by Gasteiger charge is 2.18. The van der Waals surface area contributed by atoms with Crippen LogP contribution in [0.2, 0.25) is 0 Å². The van der Waals surface area contributed by atoms with Gasteiger partial charge >= 0.3 is 0 Å². The number of nitrogens with one attached hydrogen (secondary N) is 2. The van der Waals surface area contributed by atoms with Gasteiger partial charge in [-0.1, -0.05) is 13.8 Å². The minimum Gasteiger partial charge on any atom is -0.352 e. The van der Waals surface area contributed by atoms with Gasteiger partial charge in [0.15, 0.2) is 0 Å². The topological polar surface area (TPSA) is 61.4 Å². The van der Waals surface area contributed by atoms with Gasteiger partial charge in [0.2, 0.25) is 11.8 Å². The van der Waals surface area contributed by atoms with Gasteiger partial charge in [-0.05, 0) is 39.0 Å². The number of carbonyl (C=O) groups is 2. The molecule has 0 bridgehead atoms. The van der Waals surface area contributed by atoms with E-state index in [0.717, 1.165) is 38.8 Å². The van der Waals surface area contributed by atoms with Gasteiger partial charge in [-0.25, -0.2) is 0 Å². The number of nitrogens with zero attached hydrogens (tertiary/aromatic N) is 1. The zero-order valence-corrected chi connectivity index (χ0v) is 13.8. The summed E-state index contributed by atoms with van der Waals surface area (Å²) in [5, 5.41) is 6.17. The molecule has 0 spiro atoms. The Balaban J connectivity index is 2.21. The zero-order chi connectivity index (χ0) is 15.7. The number of likely N-dealkylation sites (tertiary alicyclic amines) is 1. The molecule has 5 nitrogen and oxygen atoms in total. The Morgan fingerprint density at radius 1 is 1.10 bits per heavy atom. The van der Waals surface area contributed by atoms with Crippen molar-refractivity contribution in [2.45, 2.75) is 71.4 Å². The highest BCUT2D eigenvalue weighted by Crippen LogP contribution is 2.09. The molecule has 21 heavy (non-hydrogen) atoms. The van der Waals surface area contributed by atoms with Gasteiger partial charge in [0.05, 0.1) is 6.04 Å². The van der Waals surface area contributed by atoms with Gasteiger partial charge in [0.25, 0.3) is 0 Å². The highest BCUT2D eigenvalue weighted by atomic mass is 16.2. The van der Waals surface area contributed by atoms with Crippen LogP contribution in [0.4, 0.5) is 0 Å². The quantitative estimate of drug-likeness (QED) is 0.716. The molecule has 122 valence electrons. The second-order valence-corrected chi connectivity index (χ2v) is 5.89. The maximum absolute atomic E-state index is 12.0. The van der Waals surface area contributed by atoms with E-state index in [-0.39, 0.29) is 23.9 Å². The van der Waals surface area contributed by atoms with E-state index in [0.29, 0.717) is 13.0 Å². The fourth-order valence-electron chi connectivity index (χ4n) is 2.61. The monoisotopic (exact) mass is 297 g/mol. The summed E-state index contributed by atoms with van der Waals surface area (Å²) in [7, 11) is 0. The largest absolute Gasteiger partial charge is 0.352 e. The van der Waals surface area contributed by atoms with Crippen LogP contribution in [0.5, 0.6) is 0 Å². The SMILES string of the molecule is CCC(CC)NC(=O)C(C)NCCC(=O)N1CCCCC1. The van der Waals surface area contributed by atoms with Gasteiger partial charge in [-0.15, -0.1) is 0 Å². The van der Waals surface area contributed by atoms with Gasteiger partial charge in [0.1, 0.15) is 0 Å². The van der Waals surface area contributed by atoms with Crippen LogP contribution in [-0.4, -0.2) is 48.4 Å². The van der Waals surface area contributed by atoms with E-state index in [1.165, 1.54) is 6.42 Å². The molecule has 1 atom stereocenters. The predicted molar refractivity (Wildman–Crippen MR) is 85.0 cm³/mol. The normalized spacial score (nSPS) is 16.9. The lowest BCUT2D eigenvalue weighted by molar-refractivity contribution is -0.132. The van der Waals surface area contributed by atoms with E-state index in [2.05, 4.69) is 24.5 Å². The van der Waals surface area contributed by atoms with Gasteiger partial charge in [-0.2, -0.15) is 0 Å². The molecule has 0 aromatic carbocycles. The molecule has 2 N–H and O–H groups in total. The van der Waals surface area contributed by atoms with Crippen molar-refractivity contribution in [2.24, 2.45) is 0 Å². The smallest absolute Gasteiger partial charge is 0.237 e. The number of rotatable bonds is 8. The van der Waals surface area contributed by atoms with Crippen molar-refractivity contribution < 1.29 is 9.59 Å². The van der Waals surface area contributed by atoms with Gasteiger partial charge in [-0.3, -0.25) is 9.59 Å². The van der Waals surface area contributed by atoms with Crippen molar-refractivity contribution >= 4 is 11.8 Å². The van der Waals surface area contributed by atoms with Gasteiger partial charge < -0.3 is 15.5 Å². The van der Waals surface area contributed by atoms with E-state index in [9.17, 15) is 9.59 Å². The summed E-state index contributed by atoms with van der Waals surface area (Å²) in [5.74, 6) is 0.226. The summed E-state index contributed by atoms with van der Waals surface area (Å²) >= 11 is 0. The lowest BCUT2D eigenvalue weighted by Crippen LogP contribution is -2.47. The van der Waals surface area contributed by atoms with E-state index in [4.69, 9.17) is 0 Å². The molecule has 5 heteroatoms. The van der Waals surface area contributed by atoms with Crippen molar-refractivity contribution in [1.29, 1.82) is 0 Å². The fraction of sp³-hybridized carbons (Fsp3) is 0.875. The second-order valence-electron chi connectivity index (χ2n) is 5.89. The van der Waals surface area contributed by atoms with Crippen LogP contribution in [0.25, 0.3) is 0 Å². The molecule has 1 aliphatic rings. The lowest BCUT2D eigenvalue weighted by atomic mass is 10.1. The third-order valence-corrected chi connectivity index (χ3v) is 4.22. The van der Waals surface area contributed by atoms with Crippen molar-refractivity contribution in [1.82, 2.24) is 15.5 Å². The number of hydrogen-bond acceptors (Lipinski definition) is 3. The molecule has 1 fully saturated rings. The first kappa shape index (κ1) is 18.0. The Hall–Kier alpha value is -1.10. The summed E-state index contributed by atoms with van der Waals surface area (Å²) in [4.78, 5) is 25.9. The zero-order valence-electron chi connectivity index (χ0n) is 13.8. The first-order chi connectivity index (χ1) is 10.1. The van der Waals surface area contributed by atoms with E-state index < -0.39 is 0 Å². The molecule has 0 radical (unpaired) electrons. The second kappa shape index (κ2) is 9.77. The Kier molecular flexibility index (Phi) is 8.35. The average Bonchev–Trinajstić information content (AvgIpc) is 2.52. The first-order valence-corrected chi connectivity index (χ1v) is 8.40. The number of carbonyl (C=O) groups excluding carboxylic acids is 2. The molecule has 2 amide bonds. The Morgan fingerprint density at radius 2 is 1.71 bits per heavy atom. The molecule has 1 rings (SSSR count). The van der Waals surface area contributed by atoms with Crippen molar-refractivity contribution in [2.75, 3.05) is 19.6 Å². The Morgan fingerprint density at radius 3 is 2.29 bits per heavy atom. The van der Waals surface area contributed by atoms with E-state index in [1.807, 2.05) is 11.8 Å². The molecule has 0 saturated carbocycles. The van der Waals surface area contributed by atoms with Crippen LogP contribution in [-0.2, 0) is 9.59 Å². The number of amides is 2. The lowest BCUT2D eigenvalue weighted by Gasteiger charge is -2.27. The Labute approximate surface area is 128 Å². The van der Waals surface area contributed by atoms with Crippen molar-refractivity contribution in [3.05, 3.63) is 0 Å². The molecular weight excluding hydrogens is 266 g/mol. The van der Waals surface area contributed by atoms with Crippen LogP contribution in [0.15, 0.2) is 0 Å². The molecular formula is C16H31N3O2. The number of piperidine rings is 1. The predicted octanol–water partition coefficient (Wildman–Crippen LogP) is 1.67. The highest BCUT2D eigenvalue weighted by molar-refractivity contribution is 5.81. The average molecular weight is 297 g/mol. The van der Waals surface area contributed by atoms with Gasteiger partial charge in [0, 0.05) is 32.1 Å². The minimum absolute atomic E-state index is 0.0223. The molecule has 1 saturated heterocycles. The van der Waals surface area contributed by atoms with E-state index in [1.54, 1.807) is 0 Å². The molecule has 0 aliphatic carbocycles. The molecule has 1 aliphatic heterocycles. The third-order valence-electron chi connectivity index (χ3n) is 4.22. The van der Waals surface area contributed by atoms with Crippen LogP contribution >= 0.6 is 0 Å². The van der Waals surface area contributed by atoms with Crippen LogP contribution < -0.4 is 10.6 Å². The third kappa shape index (κ3) is 6.46. The summed E-state index contributed by atoms with van der Waals surface area (Å²) in [5.41, 5.74) is 0. The minimum atomic E-state index is -0.250. The standard InChI is InChI=1S/C16H31N3O2/c1-4-14(5-2)18-16(21)13(3)17-10-9-15(20)19-11-7-6-8-12-19/h13-14,17H,4-12H2,1-3H3,(H,18,21). The van der Waals surface area contributed by atoms with Crippen molar-refractivity contribution in [3.63, 3.8) is 0 Å². The number of hydrogen-bond donors (Lipinski definition) is 2. The first-order valence-electron chi connectivity index (χ1n) is 8.40. The maximum atomic E-state index is 12.0. The van der Waals surface area contributed by atoms with Crippen molar-refractivity contribution in [3.8, 4) is 0 Å². The molecule has 0 aromatic rings. The summed E-state index contributed by atoms with van der Waals surface area (Å²) < 4.78 is 0.